The van der Waals surface area contributed by atoms with E-state index in [-0.39, 0.29) is 0 Å². The van der Waals surface area contributed by atoms with Gasteiger partial charge in [-0.05, 0) is 63.7 Å². The van der Waals surface area contributed by atoms with Crippen LogP contribution >= 0.6 is 11.3 Å². The molecule has 0 amide bonds. The maximum atomic E-state index is 5.18. The van der Waals surface area contributed by atoms with Crippen LogP contribution in [0.2, 0.25) is 0 Å². The summed E-state index contributed by atoms with van der Waals surface area (Å²) in [4.78, 5) is 25.0. The third-order valence-electron chi connectivity index (χ3n) is 10.8. The lowest BCUT2D eigenvalue weighted by molar-refractivity contribution is 1.07. The number of hydrogen-bond acceptors (Lipinski definition) is 6. The molecule has 5 nitrogen and oxygen atoms in total. The van der Waals surface area contributed by atoms with Gasteiger partial charge in [-0.25, -0.2) is 19.9 Å². The fourth-order valence-corrected chi connectivity index (χ4v) is 9.04. The Labute approximate surface area is 345 Å². The van der Waals surface area contributed by atoms with E-state index in [0.717, 1.165) is 71.5 Å². The Morgan fingerprint density at radius 3 is 1.49 bits per heavy atom. The molecule has 11 aromatic rings. The minimum atomic E-state index is 0.627. The minimum absolute atomic E-state index is 0.627. The van der Waals surface area contributed by atoms with Gasteiger partial charge < -0.3 is 0 Å². The van der Waals surface area contributed by atoms with Gasteiger partial charge in [0.25, 0.3) is 0 Å². The van der Waals surface area contributed by atoms with Crippen molar-refractivity contribution in [2.45, 2.75) is 0 Å². The molecule has 4 aromatic heterocycles. The number of thiophene rings is 1. The predicted molar refractivity (Wildman–Crippen MR) is 244 cm³/mol. The third kappa shape index (κ3) is 6.52. The van der Waals surface area contributed by atoms with Gasteiger partial charge >= 0.3 is 0 Å². The molecule has 0 aliphatic rings. The summed E-state index contributed by atoms with van der Waals surface area (Å²) in [6.07, 6.45) is 1.85. The van der Waals surface area contributed by atoms with Crippen LogP contribution in [0.25, 0.3) is 110 Å². The van der Waals surface area contributed by atoms with Crippen LogP contribution in [0, 0.1) is 0 Å². The quantitative estimate of drug-likeness (QED) is 0.161. The third-order valence-corrected chi connectivity index (χ3v) is 12.0. The fraction of sp³-hybridized carbons (Fsp3) is 0. The van der Waals surface area contributed by atoms with Crippen LogP contribution in [0.15, 0.2) is 200 Å². The molecule has 0 aliphatic carbocycles. The molecule has 4 heterocycles. The van der Waals surface area contributed by atoms with Gasteiger partial charge in [-0.1, -0.05) is 164 Å². The molecule has 0 unspecified atom stereocenters. The van der Waals surface area contributed by atoms with Crippen molar-refractivity contribution in [2.24, 2.45) is 0 Å². The van der Waals surface area contributed by atoms with Crippen LogP contribution in [0.4, 0.5) is 0 Å². The number of rotatable bonds is 7. The first-order chi connectivity index (χ1) is 29.2. The molecular formula is C53H33N5S. The highest BCUT2D eigenvalue weighted by Gasteiger charge is 2.18. The van der Waals surface area contributed by atoms with Crippen molar-refractivity contribution in [1.29, 1.82) is 0 Å². The van der Waals surface area contributed by atoms with E-state index in [1.54, 1.807) is 11.3 Å². The molecule has 6 heteroatoms. The van der Waals surface area contributed by atoms with Gasteiger partial charge in [0.1, 0.15) is 0 Å². The van der Waals surface area contributed by atoms with E-state index in [1.807, 2.05) is 48.7 Å². The molecule has 7 aromatic carbocycles. The van der Waals surface area contributed by atoms with Gasteiger partial charge in [0, 0.05) is 43.9 Å². The minimum Gasteiger partial charge on any atom is -0.254 e. The first-order valence-electron chi connectivity index (χ1n) is 19.6. The first-order valence-corrected chi connectivity index (χ1v) is 20.4. The SMILES string of the molecule is c1ccc(-c2ccc(-c3nc(-c4ccccc4)nc(-c4cccc(-c5ccc(-c6cccc(-c7nc8cccnc8c8c7sc7ccccc78)c6)cc5)c4)n3)cc2)cc1. The van der Waals surface area contributed by atoms with Gasteiger partial charge in [-0.3, -0.25) is 4.98 Å². The van der Waals surface area contributed by atoms with E-state index in [2.05, 4.69) is 152 Å². The Hall–Kier alpha value is -7.67. The molecule has 0 radical (unpaired) electrons. The molecule has 0 aliphatic heterocycles. The van der Waals surface area contributed by atoms with Crippen molar-refractivity contribution in [3.63, 3.8) is 0 Å². The summed E-state index contributed by atoms with van der Waals surface area (Å²) in [5, 5.41) is 2.39. The molecule has 0 saturated carbocycles. The Bertz CT molecular complexity index is 3310. The second kappa shape index (κ2) is 14.7. The number of pyridine rings is 2. The Morgan fingerprint density at radius 2 is 0.814 bits per heavy atom. The molecule has 59 heavy (non-hydrogen) atoms. The van der Waals surface area contributed by atoms with E-state index >= 15 is 0 Å². The molecule has 11 rings (SSSR count). The lowest BCUT2D eigenvalue weighted by Crippen LogP contribution is -2.00. The second-order valence-electron chi connectivity index (χ2n) is 14.5. The topological polar surface area (TPSA) is 64.5 Å². The number of nitrogens with zero attached hydrogens (tertiary/aromatic N) is 5. The van der Waals surface area contributed by atoms with E-state index in [4.69, 9.17) is 24.9 Å². The zero-order chi connectivity index (χ0) is 39.1. The monoisotopic (exact) mass is 771 g/mol. The number of hydrogen-bond donors (Lipinski definition) is 0. The molecule has 0 atom stereocenters. The number of aromatic nitrogens is 5. The van der Waals surface area contributed by atoms with Crippen molar-refractivity contribution in [2.75, 3.05) is 0 Å². The summed E-state index contributed by atoms with van der Waals surface area (Å²) in [6.45, 7) is 0. The van der Waals surface area contributed by atoms with Crippen molar-refractivity contribution in [1.82, 2.24) is 24.9 Å². The predicted octanol–water partition coefficient (Wildman–Crippen LogP) is 13.9. The van der Waals surface area contributed by atoms with Crippen LogP contribution in [0.1, 0.15) is 0 Å². The maximum absolute atomic E-state index is 5.18. The molecule has 0 N–H and O–H groups in total. The standard InChI is InChI=1S/C53H33N5S/c1-3-12-34(13-4-1)35-27-29-39(30-28-35)52-56-51(38-14-5-2-6-15-38)57-53(58-52)43-19-10-17-41(33-43)37-25-23-36(24-26-37)40-16-9-18-42(32-40)48-50-47(44-20-7-8-22-46(44)59-50)49-45(55-48)21-11-31-54-49/h1-33H. The summed E-state index contributed by atoms with van der Waals surface area (Å²) < 4.78 is 2.40. The zero-order valence-electron chi connectivity index (χ0n) is 31.7. The number of fused-ring (bicyclic) bond motifs is 5. The highest BCUT2D eigenvalue weighted by Crippen LogP contribution is 2.42. The van der Waals surface area contributed by atoms with E-state index < -0.39 is 0 Å². The van der Waals surface area contributed by atoms with Crippen molar-refractivity contribution in [3.8, 4) is 78.8 Å². The van der Waals surface area contributed by atoms with Crippen LogP contribution in [-0.4, -0.2) is 24.9 Å². The molecule has 0 fully saturated rings. The summed E-state index contributed by atoms with van der Waals surface area (Å²) in [5.41, 5.74) is 13.5. The number of benzene rings is 7. The molecule has 0 saturated heterocycles. The summed E-state index contributed by atoms with van der Waals surface area (Å²) in [5.74, 6) is 1.90. The normalized spacial score (nSPS) is 11.4. The maximum Gasteiger partial charge on any atom is 0.164 e. The van der Waals surface area contributed by atoms with E-state index in [1.165, 1.54) is 21.0 Å². The Kier molecular flexibility index (Phi) is 8.60. The van der Waals surface area contributed by atoms with Crippen LogP contribution in [-0.2, 0) is 0 Å². The lowest BCUT2D eigenvalue weighted by atomic mass is 9.97. The second-order valence-corrected chi connectivity index (χ2v) is 15.5. The van der Waals surface area contributed by atoms with Gasteiger partial charge in [0.05, 0.1) is 21.4 Å². The zero-order valence-corrected chi connectivity index (χ0v) is 32.5. The fourth-order valence-electron chi connectivity index (χ4n) is 7.83. The molecule has 0 bridgehead atoms. The van der Waals surface area contributed by atoms with Crippen molar-refractivity contribution >= 4 is 42.5 Å². The van der Waals surface area contributed by atoms with Crippen molar-refractivity contribution in [3.05, 3.63) is 200 Å². The summed E-state index contributed by atoms with van der Waals surface area (Å²) in [7, 11) is 0. The summed E-state index contributed by atoms with van der Waals surface area (Å²) >= 11 is 1.78. The van der Waals surface area contributed by atoms with Gasteiger partial charge in [0.2, 0.25) is 0 Å². The van der Waals surface area contributed by atoms with Gasteiger partial charge in [-0.15, -0.1) is 11.3 Å². The molecular weight excluding hydrogens is 739 g/mol. The highest BCUT2D eigenvalue weighted by molar-refractivity contribution is 7.26. The average molecular weight is 772 g/mol. The Balaban J connectivity index is 0.929. The van der Waals surface area contributed by atoms with E-state index in [0.29, 0.717) is 17.5 Å². The molecule has 0 spiro atoms. The summed E-state index contributed by atoms with van der Waals surface area (Å²) in [6, 6.07) is 67.4. The average Bonchev–Trinajstić information content (AvgIpc) is 3.72. The smallest absolute Gasteiger partial charge is 0.164 e. The van der Waals surface area contributed by atoms with Gasteiger partial charge in [0.15, 0.2) is 17.5 Å². The van der Waals surface area contributed by atoms with Crippen LogP contribution in [0.5, 0.6) is 0 Å². The van der Waals surface area contributed by atoms with Crippen LogP contribution < -0.4 is 0 Å². The Morgan fingerprint density at radius 1 is 0.339 bits per heavy atom. The van der Waals surface area contributed by atoms with Crippen LogP contribution in [0.3, 0.4) is 0 Å². The lowest BCUT2D eigenvalue weighted by Gasteiger charge is -2.11. The largest absolute Gasteiger partial charge is 0.254 e. The van der Waals surface area contributed by atoms with Gasteiger partial charge in [-0.2, -0.15) is 0 Å². The highest BCUT2D eigenvalue weighted by atomic mass is 32.1. The molecule has 276 valence electrons. The van der Waals surface area contributed by atoms with E-state index in [9.17, 15) is 0 Å². The first kappa shape index (κ1) is 34.6. The van der Waals surface area contributed by atoms with Crippen molar-refractivity contribution < 1.29 is 0 Å².